The molecule has 11 heteroatoms. The lowest BCUT2D eigenvalue weighted by molar-refractivity contribution is -0.131. The summed E-state index contributed by atoms with van der Waals surface area (Å²) in [5.74, 6) is -0.561. The molecule has 0 amide bonds. The molecule has 2 aromatic carbocycles. The van der Waals surface area contributed by atoms with E-state index in [1.165, 1.54) is 13.2 Å². The average Bonchev–Trinajstić information content (AvgIpc) is 3.13. The molecular formula is C18H11ClI2N2O5S. The fourth-order valence-electron chi connectivity index (χ4n) is 2.27. The molecule has 1 heterocycles. The number of hydrogen-bond acceptors (Lipinski definition) is 7. The number of phenolic OH excluding ortho intramolecular Hbond substituents is 1. The molecule has 1 aromatic heterocycles. The fourth-order valence-corrected chi connectivity index (χ4v) is 5.00. The Labute approximate surface area is 201 Å². The second kappa shape index (κ2) is 9.53. The Morgan fingerprint density at radius 2 is 2.03 bits per heavy atom. The molecule has 0 fully saturated rings. The number of nitrogens with zero attached hydrogens (tertiary/aromatic N) is 2. The number of thioether (sulfide) groups is 1. The molecule has 0 spiro atoms. The number of aromatic nitrogens is 2. The van der Waals surface area contributed by atoms with Crippen LogP contribution in [0.5, 0.6) is 11.5 Å². The van der Waals surface area contributed by atoms with Crippen molar-refractivity contribution in [2.45, 2.75) is 5.22 Å². The smallest absolute Gasteiger partial charge is 0.342 e. The third-order valence-electron chi connectivity index (χ3n) is 3.55. The summed E-state index contributed by atoms with van der Waals surface area (Å²) in [4.78, 5) is 11.6. The molecule has 0 saturated carbocycles. The summed E-state index contributed by atoms with van der Waals surface area (Å²) in [5.41, 5.74) is 0.868. The number of carboxylic acid groups (broad SMARTS) is 1. The molecule has 0 saturated heterocycles. The third kappa shape index (κ3) is 5.35. The van der Waals surface area contributed by atoms with E-state index in [1.807, 2.05) is 22.6 Å². The van der Waals surface area contributed by atoms with Gasteiger partial charge in [0.2, 0.25) is 0 Å². The monoisotopic (exact) mass is 656 g/mol. The van der Waals surface area contributed by atoms with E-state index >= 15 is 0 Å². The van der Waals surface area contributed by atoms with E-state index in [0.717, 1.165) is 15.3 Å². The molecule has 0 radical (unpaired) electrons. The van der Waals surface area contributed by atoms with Gasteiger partial charge in [-0.3, -0.25) is 0 Å². The van der Waals surface area contributed by atoms with Crippen molar-refractivity contribution in [3.05, 3.63) is 53.0 Å². The highest BCUT2D eigenvalue weighted by Crippen LogP contribution is 2.36. The van der Waals surface area contributed by atoms with Crippen LogP contribution >= 0.6 is 68.5 Å². The van der Waals surface area contributed by atoms with Crippen molar-refractivity contribution in [3.63, 3.8) is 0 Å². The molecule has 0 aliphatic heterocycles. The van der Waals surface area contributed by atoms with E-state index in [9.17, 15) is 15.0 Å². The summed E-state index contributed by atoms with van der Waals surface area (Å²) in [7, 11) is 1.50. The number of hydrogen-bond donors (Lipinski definition) is 2. The van der Waals surface area contributed by atoms with Gasteiger partial charge in [-0.25, -0.2) is 4.79 Å². The van der Waals surface area contributed by atoms with Crippen LogP contribution in [0, 0.1) is 7.14 Å². The molecule has 0 bridgehead atoms. The summed E-state index contributed by atoms with van der Waals surface area (Å²) in [6.45, 7) is 0. The van der Waals surface area contributed by atoms with E-state index in [-0.39, 0.29) is 21.8 Å². The van der Waals surface area contributed by atoms with Crippen molar-refractivity contribution in [2.75, 3.05) is 7.11 Å². The first-order valence-corrected chi connectivity index (χ1v) is 11.1. The summed E-state index contributed by atoms with van der Waals surface area (Å²) < 4.78 is 12.3. The molecule has 7 nitrogen and oxygen atoms in total. The number of carbonyl (C=O) groups is 1. The zero-order chi connectivity index (χ0) is 21.1. The first-order valence-electron chi connectivity index (χ1n) is 7.76. The number of aliphatic carboxylic acids is 1. The van der Waals surface area contributed by atoms with E-state index in [1.54, 1.807) is 30.3 Å². The molecule has 0 unspecified atom stereocenters. The normalized spacial score (nSPS) is 11.5. The molecule has 3 aromatic rings. The molecule has 3 rings (SSSR count). The quantitative estimate of drug-likeness (QED) is 0.203. The highest BCUT2D eigenvalue weighted by atomic mass is 127. The standard InChI is InChI=1S/C18H11ClI2N2O5S/c1-27-13-3-2-9(19)6-11(13)16-22-23-18(28-16)29-14(17(25)26)5-8-4-10(20)7-12(21)15(8)24/h2-7,24H,1H3,(H,25,26)/b14-5-. The summed E-state index contributed by atoms with van der Waals surface area (Å²) in [6.07, 6.45) is 1.36. The third-order valence-corrected chi connectivity index (χ3v) is 6.08. The van der Waals surface area contributed by atoms with Gasteiger partial charge in [-0.05, 0) is 93.4 Å². The Morgan fingerprint density at radius 1 is 1.28 bits per heavy atom. The number of phenols is 1. The van der Waals surface area contributed by atoms with Gasteiger partial charge in [-0.15, -0.1) is 10.2 Å². The summed E-state index contributed by atoms with van der Waals surface area (Å²) in [6, 6.07) is 8.40. The second-order valence-electron chi connectivity index (χ2n) is 5.46. The van der Waals surface area contributed by atoms with E-state index < -0.39 is 5.97 Å². The molecule has 0 atom stereocenters. The lowest BCUT2D eigenvalue weighted by Crippen LogP contribution is -1.97. The maximum Gasteiger partial charge on any atom is 0.342 e. The molecule has 150 valence electrons. The van der Waals surface area contributed by atoms with Crippen LogP contribution in [0.2, 0.25) is 5.02 Å². The topological polar surface area (TPSA) is 106 Å². The Hall–Kier alpha value is -1.51. The first-order chi connectivity index (χ1) is 13.8. The SMILES string of the molecule is COc1ccc(Cl)cc1-c1nnc(S/C(=C\c2cc(I)cc(I)c2O)C(=O)O)o1. The minimum absolute atomic E-state index is 0.000230. The minimum atomic E-state index is -1.19. The number of halogens is 3. The Morgan fingerprint density at radius 3 is 2.72 bits per heavy atom. The predicted molar refractivity (Wildman–Crippen MR) is 126 cm³/mol. The summed E-state index contributed by atoms with van der Waals surface area (Å²) in [5, 5.41) is 28.1. The molecule has 0 aliphatic carbocycles. The number of benzene rings is 2. The Kier molecular flexibility index (Phi) is 7.29. The lowest BCUT2D eigenvalue weighted by Gasteiger charge is -2.05. The van der Waals surface area contributed by atoms with Crippen LogP contribution in [0.3, 0.4) is 0 Å². The first kappa shape index (κ1) is 22.2. The van der Waals surface area contributed by atoms with Gasteiger partial charge < -0.3 is 19.4 Å². The second-order valence-corrected chi connectivity index (χ2v) is 9.30. The number of ether oxygens (including phenoxy) is 1. The number of aromatic hydroxyl groups is 1. The number of carboxylic acids is 1. The van der Waals surface area contributed by atoms with Gasteiger partial charge >= 0.3 is 5.97 Å². The van der Waals surface area contributed by atoms with Crippen molar-refractivity contribution in [3.8, 4) is 23.0 Å². The fraction of sp³-hybridized carbons (Fsp3) is 0.0556. The lowest BCUT2D eigenvalue weighted by atomic mass is 10.2. The molecular weight excluding hydrogens is 646 g/mol. The number of rotatable bonds is 6. The van der Waals surface area contributed by atoms with Crippen molar-refractivity contribution >= 4 is 80.6 Å². The van der Waals surface area contributed by atoms with Gasteiger partial charge in [0.05, 0.1) is 16.2 Å². The Bertz CT molecular complexity index is 1120. The van der Waals surface area contributed by atoms with E-state index in [0.29, 0.717) is 25.5 Å². The van der Waals surface area contributed by atoms with Gasteiger partial charge in [-0.2, -0.15) is 0 Å². The van der Waals surface area contributed by atoms with Crippen molar-refractivity contribution in [1.29, 1.82) is 0 Å². The van der Waals surface area contributed by atoms with Crippen LogP contribution in [0.1, 0.15) is 5.56 Å². The van der Waals surface area contributed by atoms with Gasteiger partial charge in [0.15, 0.2) is 0 Å². The van der Waals surface area contributed by atoms with Crippen LogP contribution in [0.4, 0.5) is 0 Å². The van der Waals surface area contributed by atoms with Gasteiger partial charge in [-0.1, -0.05) is 11.6 Å². The Balaban J connectivity index is 1.95. The van der Waals surface area contributed by atoms with Crippen LogP contribution < -0.4 is 4.74 Å². The zero-order valence-electron chi connectivity index (χ0n) is 14.5. The predicted octanol–water partition coefficient (Wildman–Crippen LogP) is 5.53. The van der Waals surface area contributed by atoms with Gasteiger partial charge in [0, 0.05) is 14.2 Å². The van der Waals surface area contributed by atoms with Gasteiger partial charge in [0.1, 0.15) is 16.4 Å². The number of methoxy groups -OCH3 is 1. The highest BCUT2D eigenvalue weighted by Gasteiger charge is 2.19. The minimum Gasteiger partial charge on any atom is -0.506 e. The van der Waals surface area contributed by atoms with E-state index in [4.69, 9.17) is 20.8 Å². The maximum absolute atomic E-state index is 11.7. The maximum atomic E-state index is 11.7. The largest absolute Gasteiger partial charge is 0.506 e. The highest BCUT2D eigenvalue weighted by molar-refractivity contribution is 14.1. The molecule has 29 heavy (non-hydrogen) atoms. The average molecular weight is 657 g/mol. The molecule has 2 N–H and O–H groups in total. The van der Waals surface area contributed by atoms with Crippen molar-refractivity contribution in [1.82, 2.24) is 10.2 Å². The van der Waals surface area contributed by atoms with Gasteiger partial charge in [0.25, 0.3) is 11.1 Å². The summed E-state index contributed by atoms with van der Waals surface area (Å²) >= 11 is 10.9. The molecule has 0 aliphatic rings. The van der Waals surface area contributed by atoms with Crippen LogP contribution in [-0.4, -0.2) is 33.5 Å². The van der Waals surface area contributed by atoms with Crippen molar-refractivity contribution < 1.29 is 24.2 Å². The van der Waals surface area contributed by atoms with Crippen LogP contribution in [-0.2, 0) is 4.79 Å². The zero-order valence-corrected chi connectivity index (χ0v) is 20.4. The van der Waals surface area contributed by atoms with Crippen LogP contribution in [0.15, 0.2) is 44.9 Å². The van der Waals surface area contributed by atoms with E-state index in [2.05, 4.69) is 32.8 Å². The van der Waals surface area contributed by atoms with Crippen molar-refractivity contribution in [2.24, 2.45) is 0 Å². The van der Waals surface area contributed by atoms with Crippen LogP contribution in [0.25, 0.3) is 17.5 Å².